The van der Waals surface area contributed by atoms with Crippen LogP contribution in [0, 0.1) is 5.92 Å². The van der Waals surface area contributed by atoms with Gasteiger partial charge < -0.3 is 19.3 Å². The van der Waals surface area contributed by atoms with Crippen molar-refractivity contribution in [3.8, 4) is 5.75 Å². The van der Waals surface area contributed by atoms with Crippen molar-refractivity contribution in [2.75, 3.05) is 19.8 Å². The molecule has 1 aliphatic carbocycles. The number of benzene rings is 1. The Morgan fingerprint density at radius 2 is 1.91 bits per heavy atom. The summed E-state index contributed by atoms with van der Waals surface area (Å²) in [6, 6.07) is 2.07. The van der Waals surface area contributed by atoms with E-state index in [4.69, 9.17) is 14.2 Å². The first-order chi connectivity index (χ1) is 15.5. The summed E-state index contributed by atoms with van der Waals surface area (Å²) in [7, 11) is 0. The van der Waals surface area contributed by atoms with E-state index in [0.717, 1.165) is 17.5 Å². The Bertz CT molecular complexity index is 909. The average Bonchev–Trinajstić information content (AvgIpc) is 3.37. The molecule has 0 aromatic heterocycles. The Balaban J connectivity index is 1.67. The highest BCUT2D eigenvalue weighted by Crippen LogP contribution is 2.33. The van der Waals surface area contributed by atoms with Crippen molar-refractivity contribution in [3.63, 3.8) is 0 Å². The molecule has 0 radical (unpaired) electrons. The molecule has 1 fully saturated rings. The molecule has 0 saturated carbocycles. The van der Waals surface area contributed by atoms with Crippen LogP contribution in [0.2, 0.25) is 0 Å². The molecule has 3 unspecified atom stereocenters. The zero-order valence-corrected chi connectivity index (χ0v) is 19.6. The predicted molar refractivity (Wildman–Crippen MR) is 117 cm³/mol. The van der Waals surface area contributed by atoms with Gasteiger partial charge in [-0.2, -0.15) is 0 Å². The zero-order valence-electron chi connectivity index (χ0n) is 19.6. The van der Waals surface area contributed by atoms with Crippen molar-refractivity contribution in [3.05, 3.63) is 28.8 Å². The molecule has 0 bridgehead atoms. The number of alkyl halides is 1. The van der Waals surface area contributed by atoms with Crippen LogP contribution in [0.15, 0.2) is 12.1 Å². The van der Waals surface area contributed by atoms with Gasteiger partial charge in [0.15, 0.2) is 13.0 Å². The second-order valence-electron chi connectivity index (χ2n) is 9.60. The van der Waals surface area contributed by atoms with Crippen LogP contribution in [0.4, 0.5) is 9.18 Å². The van der Waals surface area contributed by atoms with Crippen LogP contribution in [0.25, 0.3) is 0 Å². The number of esters is 1. The standard InChI is InChI=1S/C24H32FNO7/c1-14(25)31-12-15-10-19(26(11-15)23(30)33-24(2,3)4)22(29)32-13-21(28)18-8-9-20(27)17-7-5-6-16(17)18/h8-9,14-15,19,27H,5-7,10-13H2,1-4H3. The highest BCUT2D eigenvalue weighted by Gasteiger charge is 2.42. The Morgan fingerprint density at radius 3 is 2.58 bits per heavy atom. The van der Waals surface area contributed by atoms with Gasteiger partial charge in [-0.05, 0) is 76.6 Å². The molecule has 0 spiro atoms. The van der Waals surface area contributed by atoms with Gasteiger partial charge in [0.1, 0.15) is 17.4 Å². The van der Waals surface area contributed by atoms with E-state index in [0.29, 0.717) is 18.4 Å². The molecular weight excluding hydrogens is 433 g/mol. The van der Waals surface area contributed by atoms with Gasteiger partial charge in [0.05, 0.1) is 6.61 Å². The van der Waals surface area contributed by atoms with Gasteiger partial charge in [0.2, 0.25) is 5.78 Å². The largest absolute Gasteiger partial charge is 0.508 e. The number of amides is 1. The Hall–Kier alpha value is -2.68. The number of likely N-dealkylation sites (tertiary alicyclic amines) is 1. The summed E-state index contributed by atoms with van der Waals surface area (Å²) < 4.78 is 28.8. The Kier molecular flexibility index (Phi) is 7.62. The third kappa shape index (κ3) is 6.22. The summed E-state index contributed by atoms with van der Waals surface area (Å²) in [6.45, 7) is 6.13. The minimum absolute atomic E-state index is 0.0410. The van der Waals surface area contributed by atoms with Crippen molar-refractivity contribution in [2.24, 2.45) is 5.92 Å². The van der Waals surface area contributed by atoms with Crippen molar-refractivity contribution >= 4 is 17.8 Å². The van der Waals surface area contributed by atoms with Crippen LogP contribution in [-0.2, 0) is 31.8 Å². The van der Waals surface area contributed by atoms with Crippen LogP contribution in [-0.4, -0.2) is 65.6 Å². The molecule has 1 saturated heterocycles. The molecule has 2 aliphatic rings. The molecule has 1 amide bonds. The summed E-state index contributed by atoms with van der Waals surface area (Å²) in [6.07, 6.45) is 0.311. The molecule has 1 aromatic rings. The van der Waals surface area contributed by atoms with Crippen LogP contribution in [0.1, 0.15) is 62.0 Å². The smallest absolute Gasteiger partial charge is 0.411 e. The van der Waals surface area contributed by atoms with Crippen LogP contribution in [0.5, 0.6) is 5.75 Å². The molecule has 9 heteroatoms. The number of hydrogen-bond donors (Lipinski definition) is 1. The van der Waals surface area contributed by atoms with E-state index in [2.05, 4.69) is 0 Å². The first-order valence-corrected chi connectivity index (χ1v) is 11.2. The van der Waals surface area contributed by atoms with Gasteiger partial charge in [-0.1, -0.05) is 0 Å². The van der Waals surface area contributed by atoms with Gasteiger partial charge in [-0.15, -0.1) is 0 Å². The maximum Gasteiger partial charge on any atom is 0.411 e. The number of carbonyl (C=O) groups is 3. The lowest BCUT2D eigenvalue weighted by atomic mass is 9.99. The topological polar surface area (TPSA) is 102 Å². The zero-order chi connectivity index (χ0) is 24.3. The number of nitrogens with zero attached hydrogens (tertiary/aromatic N) is 1. The van der Waals surface area contributed by atoms with Gasteiger partial charge in [0.25, 0.3) is 0 Å². The number of rotatable bonds is 7. The fourth-order valence-corrected chi connectivity index (χ4v) is 4.32. The molecule has 8 nitrogen and oxygen atoms in total. The minimum Gasteiger partial charge on any atom is -0.508 e. The summed E-state index contributed by atoms with van der Waals surface area (Å²) in [5.74, 6) is -1.19. The van der Waals surface area contributed by atoms with Crippen LogP contribution >= 0.6 is 0 Å². The van der Waals surface area contributed by atoms with E-state index in [-0.39, 0.29) is 37.0 Å². The summed E-state index contributed by atoms with van der Waals surface area (Å²) >= 11 is 0. The van der Waals surface area contributed by atoms with Gasteiger partial charge >= 0.3 is 12.1 Å². The molecular formula is C24H32FNO7. The number of halogens is 1. The molecule has 1 aliphatic heterocycles. The maximum atomic E-state index is 13.1. The van der Waals surface area contributed by atoms with Crippen LogP contribution in [0.3, 0.4) is 0 Å². The van der Waals surface area contributed by atoms with Crippen molar-refractivity contribution < 1.29 is 38.1 Å². The van der Waals surface area contributed by atoms with Crippen molar-refractivity contribution in [2.45, 2.75) is 71.4 Å². The van der Waals surface area contributed by atoms with E-state index in [1.165, 1.54) is 17.9 Å². The van der Waals surface area contributed by atoms with E-state index >= 15 is 0 Å². The van der Waals surface area contributed by atoms with Crippen LogP contribution < -0.4 is 0 Å². The average molecular weight is 466 g/mol. The third-order valence-electron chi connectivity index (χ3n) is 5.76. The first-order valence-electron chi connectivity index (χ1n) is 11.2. The number of hydrogen-bond acceptors (Lipinski definition) is 7. The predicted octanol–water partition coefficient (Wildman–Crippen LogP) is 3.56. The Labute approximate surface area is 193 Å². The molecule has 1 heterocycles. The third-order valence-corrected chi connectivity index (χ3v) is 5.76. The number of Topliss-reactive ketones (excluding diaryl/α,β-unsaturated/α-hetero) is 1. The number of ether oxygens (including phenoxy) is 3. The summed E-state index contributed by atoms with van der Waals surface area (Å²) in [4.78, 5) is 39.5. The number of carbonyl (C=O) groups excluding carboxylic acids is 3. The van der Waals surface area contributed by atoms with Crippen molar-refractivity contribution in [1.82, 2.24) is 4.90 Å². The maximum absolute atomic E-state index is 13.1. The SMILES string of the molecule is CC(F)OCC1CC(C(=O)OCC(=O)c2ccc(O)c3c2CCC3)N(C(=O)OC(C)(C)C)C1. The highest BCUT2D eigenvalue weighted by atomic mass is 19.1. The number of fused-ring (bicyclic) bond motifs is 1. The van der Waals surface area contributed by atoms with E-state index in [1.54, 1.807) is 26.8 Å². The molecule has 3 rings (SSSR count). The van der Waals surface area contributed by atoms with E-state index in [9.17, 15) is 23.9 Å². The summed E-state index contributed by atoms with van der Waals surface area (Å²) in [5.41, 5.74) is 1.24. The first kappa shape index (κ1) is 25.0. The second-order valence-corrected chi connectivity index (χ2v) is 9.60. The molecule has 33 heavy (non-hydrogen) atoms. The lowest BCUT2D eigenvalue weighted by Gasteiger charge is -2.27. The number of aromatic hydroxyl groups is 1. The molecule has 1 aromatic carbocycles. The summed E-state index contributed by atoms with van der Waals surface area (Å²) in [5, 5.41) is 9.98. The van der Waals surface area contributed by atoms with E-state index < -0.39 is 36.7 Å². The minimum atomic E-state index is -1.46. The van der Waals surface area contributed by atoms with Gasteiger partial charge in [-0.25, -0.2) is 14.0 Å². The molecule has 3 atom stereocenters. The lowest BCUT2D eigenvalue weighted by molar-refractivity contribution is -0.147. The molecule has 1 N–H and O–H groups in total. The quantitative estimate of drug-likeness (QED) is 0.485. The van der Waals surface area contributed by atoms with Crippen molar-refractivity contribution in [1.29, 1.82) is 0 Å². The monoisotopic (exact) mass is 465 g/mol. The fourth-order valence-electron chi connectivity index (χ4n) is 4.32. The normalized spacial score (nSPS) is 20.9. The fraction of sp³-hybridized carbons (Fsp3) is 0.625. The number of ketones is 1. The van der Waals surface area contributed by atoms with Gasteiger partial charge in [-0.3, -0.25) is 9.69 Å². The number of phenolic OH excluding ortho intramolecular Hbond substituents is 1. The second kappa shape index (κ2) is 10.1. The molecule has 182 valence electrons. The number of phenols is 1. The Morgan fingerprint density at radius 1 is 1.21 bits per heavy atom. The highest BCUT2D eigenvalue weighted by molar-refractivity contribution is 6.00. The lowest BCUT2D eigenvalue weighted by Crippen LogP contribution is -2.44. The van der Waals surface area contributed by atoms with Gasteiger partial charge in [0, 0.05) is 18.0 Å². The van der Waals surface area contributed by atoms with E-state index in [1.807, 2.05) is 0 Å².